The molecule has 0 aliphatic carbocycles. The van der Waals surface area contributed by atoms with Gasteiger partial charge in [-0.3, -0.25) is 4.79 Å². The standard InChI is InChI=1S/C10H22N2O2/c1-3-4-6-12(2)7-5-8-14-9-10(11)13/h3-9H2,1-2H3,(H2,11,13). The van der Waals surface area contributed by atoms with Crippen LogP contribution in [0.1, 0.15) is 26.2 Å². The van der Waals surface area contributed by atoms with Crippen molar-refractivity contribution < 1.29 is 9.53 Å². The molecule has 0 aliphatic rings. The van der Waals surface area contributed by atoms with Gasteiger partial charge in [-0.05, 0) is 26.4 Å². The molecule has 0 rings (SSSR count). The fraction of sp³-hybridized carbons (Fsp3) is 0.900. The van der Waals surface area contributed by atoms with E-state index in [2.05, 4.69) is 18.9 Å². The van der Waals surface area contributed by atoms with Crippen LogP contribution in [-0.2, 0) is 9.53 Å². The third-order valence-corrected chi connectivity index (χ3v) is 1.97. The molecule has 0 unspecified atom stereocenters. The van der Waals surface area contributed by atoms with E-state index in [-0.39, 0.29) is 6.61 Å². The minimum absolute atomic E-state index is 0.0404. The number of carbonyl (C=O) groups excluding carboxylic acids is 1. The van der Waals surface area contributed by atoms with E-state index in [9.17, 15) is 4.79 Å². The fourth-order valence-electron chi connectivity index (χ4n) is 1.15. The highest BCUT2D eigenvalue weighted by atomic mass is 16.5. The Morgan fingerprint density at radius 2 is 2.00 bits per heavy atom. The van der Waals surface area contributed by atoms with E-state index < -0.39 is 5.91 Å². The Balaban J connectivity index is 3.14. The van der Waals surface area contributed by atoms with Crippen molar-refractivity contribution >= 4 is 5.91 Å². The van der Waals surface area contributed by atoms with Gasteiger partial charge in [0.15, 0.2) is 0 Å². The predicted octanol–water partition coefficient (Wildman–Crippen LogP) is 0.610. The minimum Gasteiger partial charge on any atom is -0.372 e. The van der Waals surface area contributed by atoms with Crippen LogP contribution in [0.2, 0.25) is 0 Å². The van der Waals surface area contributed by atoms with Crippen molar-refractivity contribution in [1.29, 1.82) is 0 Å². The largest absolute Gasteiger partial charge is 0.372 e. The van der Waals surface area contributed by atoms with E-state index in [1.165, 1.54) is 12.8 Å². The summed E-state index contributed by atoms with van der Waals surface area (Å²) < 4.78 is 5.05. The van der Waals surface area contributed by atoms with Gasteiger partial charge in [-0.2, -0.15) is 0 Å². The molecular formula is C10H22N2O2. The molecule has 4 nitrogen and oxygen atoms in total. The maximum Gasteiger partial charge on any atom is 0.243 e. The first kappa shape index (κ1) is 13.4. The summed E-state index contributed by atoms with van der Waals surface area (Å²) in [6, 6.07) is 0. The molecule has 0 aromatic carbocycles. The van der Waals surface area contributed by atoms with Gasteiger partial charge >= 0.3 is 0 Å². The molecule has 0 heterocycles. The number of amides is 1. The monoisotopic (exact) mass is 202 g/mol. The first-order valence-corrected chi connectivity index (χ1v) is 5.21. The molecule has 0 aliphatic heterocycles. The van der Waals surface area contributed by atoms with Crippen LogP contribution >= 0.6 is 0 Å². The SMILES string of the molecule is CCCCN(C)CCCOCC(N)=O. The third-order valence-electron chi connectivity index (χ3n) is 1.97. The predicted molar refractivity (Wildman–Crippen MR) is 57.0 cm³/mol. The summed E-state index contributed by atoms with van der Waals surface area (Å²) in [7, 11) is 2.10. The Kier molecular flexibility index (Phi) is 8.57. The highest BCUT2D eigenvalue weighted by Gasteiger charge is 1.98. The van der Waals surface area contributed by atoms with Crippen LogP contribution in [0.25, 0.3) is 0 Å². The van der Waals surface area contributed by atoms with Crippen molar-refractivity contribution in [3.8, 4) is 0 Å². The Hall–Kier alpha value is -0.610. The van der Waals surface area contributed by atoms with Crippen LogP contribution in [0.3, 0.4) is 0 Å². The van der Waals surface area contributed by atoms with E-state index in [0.717, 1.165) is 19.5 Å². The highest BCUT2D eigenvalue weighted by Crippen LogP contribution is 1.93. The Morgan fingerprint density at radius 1 is 1.36 bits per heavy atom. The lowest BCUT2D eigenvalue weighted by molar-refractivity contribution is -0.122. The number of ether oxygens (including phenoxy) is 1. The van der Waals surface area contributed by atoms with Gasteiger partial charge in [0.25, 0.3) is 0 Å². The van der Waals surface area contributed by atoms with E-state index in [1.54, 1.807) is 0 Å². The summed E-state index contributed by atoms with van der Waals surface area (Å²) in [5.41, 5.74) is 4.93. The fourth-order valence-corrected chi connectivity index (χ4v) is 1.15. The zero-order valence-electron chi connectivity index (χ0n) is 9.29. The number of nitrogens with two attached hydrogens (primary N) is 1. The molecule has 4 heteroatoms. The second kappa shape index (κ2) is 8.97. The number of hydrogen-bond donors (Lipinski definition) is 1. The van der Waals surface area contributed by atoms with Crippen LogP contribution in [0, 0.1) is 0 Å². The summed E-state index contributed by atoms with van der Waals surface area (Å²) >= 11 is 0. The summed E-state index contributed by atoms with van der Waals surface area (Å²) in [5, 5.41) is 0. The van der Waals surface area contributed by atoms with Gasteiger partial charge in [-0.15, -0.1) is 0 Å². The lowest BCUT2D eigenvalue weighted by Crippen LogP contribution is -2.23. The van der Waals surface area contributed by atoms with E-state index in [4.69, 9.17) is 10.5 Å². The summed E-state index contributed by atoms with van der Waals surface area (Å²) in [6.07, 6.45) is 3.41. The molecular weight excluding hydrogens is 180 g/mol. The molecule has 84 valence electrons. The molecule has 0 fully saturated rings. The highest BCUT2D eigenvalue weighted by molar-refractivity contribution is 5.74. The van der Waals surface area contributed by atoms with Gasteiger partial charge in [-0.25, -0.2) is 0 Å². The van der Waals surface area contributed by atoms with Crippen molar-refractivity contribution in [1.82, 2.24) is 4.90 Å². The molecule has 0 atom stereocenters. The smallest absolute Gasteiger partial charge is 0.243 e. The van der Waals surface area contributed by atoms with Crippen LogP contribution in [0.5, 0.6) is 0 Å². The lowest BCUT2D eigenvalue weighted by Gasteiger charge is -2.15. The Bertz CT molecular complexity index is 151. The zero-order valence-corrected chi connectivity index (χ0v) is 9.29. The lowest BCUT2D eigenvalue weighted by atomic mass is 10.3. The Labute approximate surface area is 86.4 Å². The molecule has 2 N–H and O–H groups in total. The van der Waals surface area contributed by atoms with Crippen LogP contribution < -0.4 is 5.73 Å². The molecule has 0 aromatic heterocycles. The van der Waals surface area contributed by atoms with Gasteiger partial charge in [0.2, 0.25) is 5.91 Å². The molecule has 0 aromatic rings. The second-order valence-corrected chi connectivity index (χ2v) is 3.53. The first-order valence-electron chi connectivity index (χ1n) is 5.21. The van der Waals surface area contributed by atoms with E-state index in [0.29, 0.717) is 6.61 Å². The zero-order chi connectivity index (χ0) is 10.8. The maximum atomic E-state index is 10.3. The van der Waals surface area contributed by atoms with Crippen molar-refractivity contribution in [2.75, 3.05) is 33.4 Å². The molecule has 0 radical (unpaired) electrons. The third kappa shape index (κ3) is 9.48. The molecule has 0 spiro atoms. The number of carbonyl (C=O) groups is 1. The van der Waals surface area contributed by atoms with E-state index in [1.807, 2.05) is 0 Å². The number of unbranched alkanes of at least 4 members (excludes halogenated alkanes) is 1. The average Bonchev–Trinajstić information content (AvgIpc) is 2.13. The van der Waals surface area contributed by atoms with Crippen molar-refractivity contribution in [3.63, 3.8) is 0 Å². The Morgan fingerprint density at radius 3 is 2.57 bits per heavy atom. The average molecular weight is 202 g/mol. The van der Waals surface area contributed by atoms with Gasteiger partial charge < -0.3 is 15.4 Å². The minimum atomic E-state index is -0.399. The van der Waals surface area contributed by atoms with Crippen LogP contribution in [0.15, 0.2) is 0 Å². The molecule has 0 saturated carbocycles. The quantitative estimate of drug-likeness (QED) is 0.557. The van der Waals surface area contributed by atoms with Crippen molar-refractivity contribution in [2.24, 2.45) is 5.73 Å². The summed E-state index contributed by atoms with van der Waals surface area (Å²) in [6.45, 7) is 4.98. The van der Waals surface area contributed by atoms with Crippen LogP contribution in [0.4, 0.5) is 0 Å². The molecule has 0 saturated heterocycles. The normalized spacial score (nSPS) is 10.8. The van der Waals surface area contributed by atoms with Gasteiger partial charge in [0, 0.05) is 13.2 Å². The molecule has 0 bridgehead atoms. The summed E-state index contributed by atoms with van der Waals surface area (Å²) in [4.78, 5) is 12.6. The van der Waals surface area contributed by atoms with Crippen molar-refractivity contribution in [3.05, 3.63) is 0 Å². The van der Waals surface area contributed by atoms with Crippen LogP contribution in [-0.4, -0.2) is 44.2 Å². The van der Waals surface area contributed by atoms with Gasteiger partial charge in [0.1, 0.15) is 6.61 Å². The summed E-state index contributed by atoms with van der Waals surface area (Å²) in [5.74, 6) is -0.399. The number of nitrogens with zero attached hydrogens (tertiary/aromatic N) is 1. The molecule has 1 amide bonds. The number of rotatable bonds is 9. The maximum absolute atomic E-state index is 10.3. The second-order valence-electron chi connectivity index (χ2n) is 3.53. The number of primary amides is 1. The first-order chi connectivity index (χ1) is 6.66. The number of hydrogen-bond acceptors (Lipinski definition) is 3. The van der Waals surface area contributed by atoms with E-state index >= 15 is 0 Å². The van der Waals surface area contributed by atoms with Crippen molar-refractivity contribution in [2.45, 2.75) is 26.2 Å². The van der Waals surface area contributed by atoms with Gasteiger partial charge in [-0.1, -0.05) is 13.3 Å². The topological polar surface area (TPSA) is 55.6 Å². The van der Waals surface area contributed by atoms with Gasteiger partial charge in [0.05, 0.1) is 0 Å². The molecule has 14 heavy (non-hydrogen) atoms.